The average molecular weight is 332 g/mol. The van der Waals surface area contributed by atoms with Gasteiger partial charge in [0, 0.05) is 25.9 Å². The van der Waals surface area contributed by atoms with Crippen molar-refractivity contribution in [1.29, 1.82) is 0 Å². The molecule has 0 spiro atoms. The summed E-state index contributed by atoms with van der Waals surface area (Å²) in [5.41, 5.74) is -0.805. The van der Waals surface area contributed by atoms with Crippen LogP contribution in [0.3, 0.4) is 0 Å². The monoisotopic (exact) mass is 332 g/mol. The molecule has 0 saturated heterocycles. The molecule has 1 aromatic rings. The van der Waals surface area contributed by atoms with Crippen LogP contribution in [0.5, 0.6) is 0 Å². The van der Waals surface area contributed by atoms with E-state index in [4.69, 9.17) is 0 Å². The molecule has 2 amide bonds. The van der Waals surface area contributed by atoms with Gasteiger partial charge in [0.25, 0.3) is 0 Å². The zero-order chi connectivity index (χ0) is 17.5. The smallest absolute Gasteiger partial charge is 0.387 e. The Balaban J connectivity index is 2.49. The molecule has 1 unspecified atom stereocenters. The maximum atomic E-state index is 12.6. The zero-order valence-corrected chi connectivity index (χ0v) is 12.6. The highest BCUT2D eigenvalue weighted by Crippen LogP contribution is 2.30. The van der Waals surface area contributed by atoms with Gasteiger partial charge in [-0.15, -0.1) is 0 Å². The molecule has 23 heavy (non-hydrogen) atoms. The summed E-state index contributed by atoms with van der Waals surface area (Å²) < 4.78 is 37.8. The van der Waals surface area contributed by atoms with Crippen molar-refractivity contribution < 1.29 is 27.9 Å². The molecule has 1 rings (SSSR count). The zero-order valence-electron chi connectivity index (χ0n) is 12.6. The third kappa shape index (κ3) is 6.68. The van der Waals surface area contributed by atoms with Gasteiger partial charge in [-0.2, -0.15) is 13.2 Å². The van der Waals surface area contributed by atoms with Gasteiger partial charge in [-0.3, -0.25) is 9.59 Å². The fourth-order valence-electron chi connectivity index (χ4n) is 1.85. The summed E-state index contributed by atoms with van der Waals surface area (Å²) in [5, 5.41) is 14.8. The number of carbonyl (C=O) groups is 2. The molecule has 0 aliphatic rings. The number of hydrogen-bond donors (Lipinski definition) is 3. The normalized spacial score (nSPS) is 12.6. The second kappa shape index (κ2) is 8.52. The summed E-state index contributed by atoms with van der Waals surface area (Å²) in [6, 6.07) is 4.28. The van der Waals surface area contributed by atoms with E-state index in [0.717, 1.165) is 12.1 Å². The number of rotatable bonds is 7. The predicted octanol–water partition coefficient (Wildman–Crippen LogP) is 1.77. The van der Waals surface area contributed by atoms with Gasteiger partial charge in [0.15, 0.2) is 0 Å². The third-order valence-corrected chi connectivity index (χ3v) is 3.04. The first-order valence-corrected chi connectivity index (χ1v) is 7.12. The van der Waals surface area contributed by atoms with Crippen LogP contribution in [-0.4, -0.2) is 30.0 Å². The lowest BCUT2D eigenvalue weighted by atomic mass is 10.1. The SMILES string of the molecule is CCNC(=O)CCC(=O)NCC(O)c1cccc(C(F)(F)F)c1. The number of carbonyl (C=O) groups excluding carboxylic acids is 2. The molecule has 0 aliphatic carbocycles. The van der Waals surface area contributed by atoms with E-state index in [2.05, 4.69) is 10.6 Å². The highest BCUT2D eigenvalue weighted by atomic mass is 19.4. The summed E-state index contributed by atoms with van der Waals surface area (Å²) in [7, 11) is 0. The van der Waals surface area contributed by atoms with Crippen molar-refractivity contribution in [2.24, 2.45) is 0 Å². The van der Waals surface area contributed by atoms with Gasteiger partial charge in [0.2, 0.25) is 11.8 Å². The van der Waals surface area contributed by atoms with Gasteiger partial charge in [0.1, 0.15) is 0 Å². The van der Waals surface area contributed by atoms with E-state index in [1.165, 1.54) is 12.1 Å². The Labute approximate surface area is 131 Å². The maximum Gasteiger partial charge on any atom is 0.416 e. The van der Waals surface area contributed by atoms with Crippen molar-refractivity contribution in [2.45, 2.75) is 32.0 Å². The van der Waals surface area contributed by atoms with E-state index in [1.54, 1.807) is 6.92 Å². The minimum absolute atomic E-state index is 0.0132. The average Bonchev–Trinajstić information content (AvgIpc) is 2.50. The first kappa shape index (κ1) is 19.0. The summed E-state index contributed by atoms with van der Waals surface area (Å²) in [6.45, 7) is 1.99. The van der Waals surface area contributed by atoms with Crippen LogP contribution in [0.25, 0.3) is 0 Å². The Morgan fingerprint density at radius 3 is 2.35 bits per heavy atom. The first-order valence-electron chi connectivity index (χ1n) is 7.12. The van der Waals surface area contributed by atoms with Crippen molar-refractivity contribution in [3.8, 4) is 0 Å². The molecular weight excluding hydrogens is 313 g/mol. The Kier molecular flexibility index (Phi) is 7.02. The molecule has 0 aliphatic heterocycles. The standard InChI is InChI=1S/C15H19F3N2O3/c1-2-19-13(22)6-7-14(23)20-9-12(21)10-4-3-5-11(8-10)15(16,17)18/h3-5,8,12,21H,2,6-7,9H2,1H3,(H,19,22)(H,20,23). The lowest BCUT2D eigenvalue weighted by Gasteiger charge is -2.14. The number of hydrogen-bond acceptors (Lipinski definition) is 3. The number of halogens is 3. The molecule has 8 heteroatoms. The molecule has 0 aromatic heterocycles. The Bertz CT molecular complexity index is 547. The van der Waals surface area contributed by atoms with Gasteiger partial charge in [-0.1, -0.05) is 12.1 Å². The molecule has 3 N–H and O–H groups in total. The van der Waals surface area contributed by atoms with Crippen LogP contribution in [0.2, 0.25) is 0 Å². The summed E-state index contributed by atoms with van der Waals surface area (Å²) >= 11 is 0. The lowest BCUT2D eigenvalue weighted by Crippen LogP contribution is -2.30. The second-order valence-electron chi connectivity index (χ2n) is 4.90. The quantitative estimate of drug-likeness (QED) is 0.712. The Morgan fingerprint density at radius 2 is 1.78 bits per heavy atom. The number of nitrogens with one attached hydrogen (secondary N) is 2. The molecule has 1 atom stereocenters. The van der Waals surface area contributed by atoms with E-state index in [-0.39, 0.29) is 30.9 Å². The van der Waals surface area contributed by atoms with Gasteiger partial charge >= 0.3 is 6.18 Å². The molecule has 0 radical (unpaired) electrons. The van der Waals surface area contributed by atoms with Crippen molar-refractivity contribution in [3.05, 3.63) is 35.4 Å². The van der Waals surface area contributed by atoms with E-state index in [1.807, 2.05) is 0 Å². The Morgan fingerprint density at radius 1 is 1.17 bits per heavy atom. The minimum Gasteiger partial charge on any atom is -0.387 e. The fraction of sp³-hybridized carbons (Fsp3) is 0.467. The highest BCUT2D eigenvalue weighted by Gasteiger charge is 2.30. The van der Waals surface area contributed by atoms with Crippen LogP contribution in [0.1, 0.15) is 37.0 Å². The van der Waals surface area contributed by atoms with Crippen LogP contribution in [-0.2, 0) is 15.8 Å². The van der Waals surface area contributed by atoms with Crippen LogP contribution >= 0.6 is 0 Å². The van der Waals surface area contributed by atoms with Crippen LogP contribution in [0.15, 0.2) is 24.3 Å². The number of benzene rings is 1. The molecule has 0 fully saturated rings. The maximum absolute atomic E-state index is 12.6. The minimum atomic E-state index is -4.49. The number of amides is 2. The molecule has 5 nitrogen and oxygen atoms in total. The highest BCUT2D eigenvalue weighted by molar-refractivity contribution is 5.83. The predicted molar refractivity (Wildman–Crippen MR) is 77.3 cm³/mol. The topological polar surface area (TPSA) is 78.4 Å². The van der Waals surface area contributed by atoms with Crippen LogP contribution in [0, 0.1) is 0 Å². The van der Waals surface area contributed by atoms with E-state index in [9.17, 15) is 27.9 Å². The van der Waals surface area contributed by atoms with Gasteiger partial charge in [-0.25, -0.2) is 0 Å². The van der Waals surface area contributed by atoms with Gasteiger partial charge in [-0.05, 0) is 24.6 Å². The van der Waals surface area contributed by atoms with Gasteiger partial charge < -0.3 is 15.7 Å². The van der Waals surface area contributed by atoms with E-state index in [0.29, 0.717) is 6.54 Å². The first-order chi connectivity index (χ1) is 10.7. The number of aliphatic hydroxyl groups excluding tert-OH is 1. The summed E-state index contributed by atoms with van der Waals surface area (Å²) in [6.07, 6.45) is -5.79. The third-order valence-electron chi connectivity index (χ3n) is 3.04. The number of alkyl halides is 3. The van der Waals surface area contributed by atoms with Crippen LogP contribution < -0.4 is 10.6 Å². The largest absolute Gasteiger partial charge is 0.416 e. The van der Waals surface area contributed by atoms with Crippen molar-refractivity contribution in [3.63, 3.8) is 0 Å². The van der Waals surface area contributed by atoms with Gasteiger partial charge in [0.05, 0.1) is 11.7 Å². The number of aliphatic hydroxyl groups is 1. The van der Waals surface area contributed by atoms with Crippen molar-refractivity contribution in [1.82, 2.24) is 10.6 Å². The molecule has 128 valence electrons. The fourth-order valence-corrected chi connectivity index (χ4v) is 1.85. The van der Waals surface area contributed by atoms with E-state index >= 15 is 0 Å². The van der Waals surface area contributed by atoms with Crippen molar-refractivity contribution in [2.75, 3.05) is 13.1 Å². The lowest BCUT2D eigenvalue weighted by molar-refractivity contribution is -0.137. The molecule has 0 bridgehead atoms. The molecule has 0 heterocycles. The second-order valence-corrected chi connectivity index (χ2v) is 4.90. The molecule has 1 aromatic carbocycles. The molecular formula is C15H19F3N2O3. The van der Waals surface area contributed by atoms with Crippen molar-refractivity contribution >= 4 is 11.8 Å². The summed E-state index contributed by atoms with van der Waals surface area (Å²) in [5.74, 6) is -0.719. The summed E-state index contributed by atoms with van der Waals surface area (Å²) in [4.78, 5) is 22.7. The Hall–Kier alpha value is -2.09. The van der Waals surface area contributed by atoms with E-state index < -0.39 is 23.8 Å². The van der Waals surface area contributed by atoms with Crippen LogP contribution in [0.4, 0.5) is 13.2 Å². The molecule has 0 saturated carbocycles.